The normalized spacial score (nSPS) is 14.4. The highest BCUT2D eigenvalue weighted by atomic mass is 16.5. The summed E-state index contributed by atoms with van der Waals surface area (Å²) in [4.78, 5) is 0. The Hall–Kier alpha value is -0.0400. The largest absolute Gasteiger partial charge is 0.376 e. The predicted octanol–water partition coefficient (Wildman–Crippen LogP) is 4.65. The molecule has 0 unspecified atom stereocenters. The second-order valence-corrected chi connectivity index (χ2v) is 6.83. The summed E-state index contributed by atoms with van der Waals surface area (Å²) in [7, 11) is 0. The lowest BCUT2D eigenvalue weighted by Gasteiger charge is -2.41. The first-order chi connectivity index (χ1) is 6.52. The summed E-state index contributed by atoms with van der Waals surface area (Å²) in [6, 6.07) is 0. The van der Waals surface area contributed by atoms with E-state index in [4.69, 9.17) is 4.74 Å². The Kier molecular flexibility index (Phi) is 4.85. The fourth-order valence-corrected chi connectivity index (χ4v) is 1.43. The van der Waals surface area contributed by atoms with Crippen LogP contribution in [0.25, 0.3) is 0 Å². The van der Waals surface area contributed by atoms with E-state index in [-0.39, 0.29) is 5.60 Å². The zero-order valence-electron chi connectivity index (χ0n) is 12.0. The van der Waals surface area contributed by atoms with Crippen LogP contribution in [0.5, 0.6) is 0 Å². The Morgan fingerprint density at radius 3 is 1.60 bits per heavy atom. The lowest BCUT2D eigenvalue weighted by molar-refractivity contribution is -0.0325. The highest BCUT2D eigenvalue weighted by Crippen LogP contribution is 2.43. The lowest BCUT2D eigenvalue weighted by atomic mass is 9.65. The summed E-state index contributed by atoms with van der Waals surface area (Å²) in [5.41, 5.74) is 0.716. The number of ether oxygens (including phenoxy) is 1. The van der Waals surface area contributed by atoms with Crippen molar-refractivity contribution < 1.29 is 4.74 Å². The van der Waals surface area contributed by atoms with Crippen molar-refractivity contribution in [1.82, 2.24) is 0 Å². The highest BCUT2D eigenvalue weighted by Gasteiger charge is 2.35. The molecule has 0 aromatic heterocycles. The second-order valence-electron chi connectivity index (χ2n) is 6.83. The highest BCUT2D eigenvalue weighted by molar-refractivity contribution is 4.84. The van der Waals surface area contributed by atoms with Crippen LogP contribution in [0.3, 0.4) is 0 Å². The molecule has 0 spiro atoms. The summed E-state index contributed by atoms with van der Waals surface area (Å²) in [6.45, 7) is 18.9. The fraction of sp³-hybridized carbons (Fsp3) is 1.00. The Morgan fingerprint density at radius 2 is 1.27 bits per heavy atom. The van der Waals surface area contributed by atoms with E-state index in [0.29, 0.717) is 10.8 Å². The van der Waals surface area contributed by atoms with Crippen LogP contribution in [0.1, 0.15) is 68.2 Å². The van der Waals surface area contributed by atoms with Crippen LogP contribution >= 0.6 is 0 Å². The van der Waals surface area contributed by atoms with E-state index in [2.05, 4.69) is 55.4 Å². The standard InChI is InChI=1S/C14H30O/c1-9-13(5,6)14(7,8)10-11-15-12(2,3)4/h9-11H2,1-8H3. The monoisotopic (exact) mass is 214 g/mol. The van der Waals surface area contributed by atoms with Gasteiger partial charge in [-0.3, -0.25) is 0 Å². The molecular weight excluding hydrogens is 184 g/mol. The minimum Gasteiger partial charge on any atom is -0.376 e. The molecule has 0 radical (unpaired) electrons. The van der Waals surface area contributed by atoms with Crippen molar-refractivity contribution in [2.45, 2.75) is 73.8 Å². The predicted molar refractivity (Wildman–Crippen MR) is 68.2 cm³/mol. The van der Waals surface area contributed by atoms with Gasteiger partial charge in [0.2, 0.25) is 0 Å². The molecule has 0 aliphatic rings. The number of hydrogen-bond acceptors (Lipinski definition) is 1. The van der Waals surface area contributed by atoms with E-state index < -0.39 is 0 Å². The van der Waals surface area contributed by atoms with Gasteiger partial charge in [0.05, 0.1) is 5.60 Å². The maximum Gasteiger partial charge on any atom is 0.0598 e. The van der Waals surface area contributed by atoms with Crippen molar-refractivity contribution in [3.8, 4) is 0 Å². The quantitative estimate of drug-likeness (QED) is 0.647. The molecule has 0 rings (SSSR count). The van der Waals surface area contributed by atoms with Crippen LogP contribution in [-0.4, -0.2) is 12.2 Å². The molecule has 0 atom stereocenters. The van der Waals surface area contributed by atoms with Crippen LogP contribution in [0, 0.1) is 10.8 Å². The molecule has 0 heterocycles. The molecule has 92 valence electrons. The van der Waals surface area contributed by atoms with Crippen molar-refractivity contribution in [2.24, 2.45) is 10.8 Å². The van der Waals surface area contributed by atoms with E-state index in [0.717, 1.165) is 13.0 Å². The van der Waals surface area contributed by atoms with Gasteiger partial charge >= 0.3 is 0 Å². The molecule has 0 bridgehead atoms. The van der Waals surface area contributed by atoms with E-state index in [1.54, 1.807) is 0 Å². The maximum absolute atomic E-state index is 5.80. The first-order valence-electron chi connectivity index (χ1n) is 6.16. The summed E-state index contributed by atoms with van der Waals surface area (Å²) >= 11 is 0. The molecular formula is C14H30O. The van der Waals surface area contributed by atoms with Crippen molar-refractivity contribution in [2.75, 3.05) is 6.61 Å². The SMILES string of the molecule is CCC(C)(C)C(C)(C)CCOC(C)(C)C. The lowest BCUT2D eigenvalue weighted by Crippen LogP contribution is -2.34. The van der Waals surface area contributed by atoms with Gasteiger partial charge in [0.15, 0.2) is 0 Å². The zero-order chi connectivity index (χ0) is 12.3. The van der Waals surface area contributed by atoms with Gasteiger partial charge in [-0.05, 0) is 38.0 Å². The van der Waals surface area contributed by atoms with E-state index in [1.165, 1.54) is 6.42 Å². The first-order valence-corrected chi connectivity index (χ1v) is 6.16. The minimum atomic E-state index is -0.00750. The zero-order valence-corrected chi connectivity index (χ0v) is 12.0. The van der Waals surface area contributed by atoms with Gasteiger partial charge in [-0.15, -0.1) is 0 Å². The van der Waals surface area contributed by atoms with Gasteiger partial charge < -0.3 is 4.74 Å². The Labute approximate surface area is 96.6 Å². The van der Waals surface area contributed by atoms with Crippen molar-refractivity contribution >= 4 is 0 Å². The fourth-order valence-electron chi connectivity index (χ4n) is 1.43. The van der Waals surface area contributed by atoms with Gasteiger partial charge in [-0.1, -0.05) is 41.0 Å². The molecule has 0 fully saturated rings. The molecule has 0 saturated carbocycles. The molecule has 0 aromatic carbocycles. The van der Waals surface area contributed by atoms with Crippen LogP contribution in [0.4, 0.5) is 0 Å². The Morgan fingerprint density at radius 1 is 0.800 bits per heavy atom. The molecule has 0 saturated heterocycles. The maximum atomic E-state index is 5.80. The van der Waals surface area contributed by atoms with Crippen LogP contribution in [0.15, 0.2) is 0 Å². The minimum absolute atomic E-state index is 0.00750. The van der Waals surface area contributed by atoms with Crippen LogP contribution in [0.2, 0.25) is 0 Å². The second kappa shape index (κ2) is 4.86. The molecule has 15 heavy (non-hydrogen) atoms. The summed E-state index contributed by atoms with van der Waals surface area (Å²) in [6.07, 6.45) is 2.35. The van der Waals surface area contributed by atoms with Crippen molar-refractivity contribution in [3.63, 3.8) is 0 Å². The first kappa shape index (κ1) is 15.0. The summed E-state index contributed by atoms with van der Waals surface area (Å²) < 4.78 is 5.80. The van der Waals surface area contributed by atoms with E-state index in [9.17, 15) is 0 Å². The molecule has 1 heteroatoms. The third-order valence-electron chi connectivity index (χ3n) is 3.98. The van der Waals surface area contributed by atoms with Gasteiger partial charge in [-0.25, -0.2) is 0 Å². The van der Waals surface area contributed by atoms with Crippen molar-refractivity contribution in [3.05, 3.63) is 0 Å². The third kappa shape index (κ3) is 5.01. The summed E-state index contributed by atoms with van der Waals surface area (Å²) in [5.74, 6) is 0. The average Bonchev–Trinajstić information content (AvgIpc) is 2.01. The van der Waals surface area contributed by atoms with E-state index >= 15 is 0 Å². The molecule has 0 aliphatic heterocycles. The summed E-state index contributed by atoms with van der Waals surface area (Å²) in [5, 5.41) is 0. The van der Waals surface area contributed by atoms with Crippen LogP contribution in [-0.2, 0) is 4.74 Å². The van der Waals surface area contributed by atoms with Gasteiger partial charge in [0, 0.05) is 6.61 Å². The Balaban J connectivity index is 4.17. The Bertz CT molecular complexity index is 184. The molecule has 1 nitrogen and oxygen atoms in total. The molecule has 0 N–H and O–H groups in total. The molecule has 0 aliphatic carbocycles. The van der Waals surface area contributed by atoms with Gasteiger partial charge in [0.25, 0.3) is 0 Å². The number of hydrogen-bond donors (Lipinski definition) is 0. The number of rotatable bonds is 5. The van der Waals surface area contributed by atoms with Crippen molar-refractivity contribution in [1.29, 1.82) is 0 Å². The van der Waals surface area contributed by atoms with Crippen LogP contribution < -0.4 is 0 Å². The topological polar surface area (TPSA) is 9.23 Å². The molecule has 0 aromatic rings. The smallest absolute Gasteiger partial charge is 0.0598 e. The van der Waals surface area contributed by atoms with Gasteiger partial charge in [-0.2, -0.15) is 0 Å². The average molecular weight is 214 g/mol. The van der Waals surface area contributed by atoms with E-state index in [1.807, 2.05) is 0 Å². The molecule has 0 amide bonds. The third-order valence-corrected chi connectivity index (χ3v) is 3.98. The van der Waals surface area contributed by atoms with Gasteiger partial charge in [0.1, 0.15) is 0 Å².